The lowest BCUT2D eigenvalue weighted by molar-refractivity contribution is 0.130. The maximum absolute atomic E-state index is 6.21. The molecule has 4 rings (SSSR count). The van der Waals surface area contributed by atoms with Crippen LogP contribution in [-0.4, -0.2) is 18.0 Å². The summed E-state index contributed by atoms with van der Waals surface area (Å²) < 4.78 is 0. The lowest BCUT2D eigenvalue weighted by Gasteiger charge is -2.46. The zero-order valence-electron chi connectivity index (χ0n) is 14.5. The molecule has 4 heteroatoms. The van der Waals surface area contributed by atoms with Gasteiger partial charge in [0.05, 0.1) is 0 Å². The van der Waals surface area contributed by atoms with E-state index in [0.717, 1.165) is 23.1 Å². The van der Waals surface area contributed by atoms with Gasteiger partial charge >= 0.3 is 0 Å². The molecule has 0 saturated carbocycles. The molecule has 0 aliphatic carbocycles. The van der Waals surface area contributed by atoms with Crippen molar-refractivity contribution in [1.29, 1.82) is 0 Å². The molecule has 0 amide bonds. The maximum atomic E-state index is 6.21. The zero-order chi connectivity index (χ0) is 18.0. The molecule has 2 aromatic carbocycles. The Bertz CT molecular complexity index is 789. The quantitative estimate of drug-likeness (QED) is 0.462. The highest BCUT2D eigenvalue weighted by Crippen LogP contribution is 2.45. The Kier molecular flexibility index (Phi) is 5.37. The van der Waals surface area contributed by atoms with E-state index < -0.39 is 0 Å². The van der Waals surface area contributed by atoms with Gasteiger partial charge in [0, 0.05) is 14.9 Å². The third-order valence-electron chi connectivity index (χ3n) is 5.23. The number of nitrogens with zero attached hydrogens (tertiary/aromatic N) is 1. The minimum Gasteiger partial charge on any atom is -0.285 e. The highest BCUT2D eigenvalue weighted by molar-refractivity contribution is 7.10. The van der Waals surface area contributed by atoms with Gasteiger partial charge in [0.1, 0.15) is 5.54 Å². The maximum Gasteiger partial charge on any atom is 0.107 e. The van der Waals surface area contributed by atoms with Crippen molar-refractivity contribution in [2.24, 2.45) is 0 Å². The summed E-state index contributed by atoms with van der Waals surface area (Å²) in [4.78, 5) is 3.97. The van der Waals surface area contributed by atoms with Crippen molar-refractivity contribution in [3.63, 3.8) is 0 Å². The van der Waals surface area contributed by atoms with Gasteiger partial charge in [-0.25, -0.2) is 0 Å². The second-order valence-corrected chi connectivity index (χ2v) is 8.57. The molecule has 1 nitrogen and oxygen atoms in total. The van der Waals surface area contributed by atoms with Gasteiger partial charge < -0.3 is 0 Å². The third-order valence-corrected chi connectivity index (χ3v) is 6.71. The molecule has 1 aliphatic heterocycles. The molecule has 3 aromatic rings. The molecule has 1 aromatic heterocycles. The fourth-order valence-electron chi connectivity index (χ4n) is 4.07. The van der Waals surface area contributed by atoms with E-state index >= 15 is 0 Å². The van der Waals surface area contributed by atoms with E-state index in [1.807, 2.05) is 35.6 Å². The van der Waals surface area contributed by atoms with Crippen molar-refractivity contribution in [1.82, 2.24) is 4.90 Å². The molecular weight excluding hydrogens is 381 g/mol. The van der Waals surface area contributed by atoms with Crippen LogP contribution >= 0.6 is 34.5 Å². The molecule has 1 saturated heterocycles. The topological polar surface area (TPSA) is 3.24 Å². The van der Waals surface area contributed by atoms with Crippen LogP contribution in [0.3, 0.4) is 0 Å². The smallest absolute Gasteiger partial charge is 0.107 e. The monoisotopic (exact) mass is 401 g/mol. The van der Waals surface area contributed by atoms with E-state index in [0.29, 0.717) is 0 Å². The first-order chi connectivity index (χ1) is 12.7. The Morgan fingerprint density at radius 2 is 1.27 bits per heavy atom. The van der Waals surface area contributed by atoms with Gasteiger partial charge in [0.15, 0.2) is 0 Å². The molecule has 134 valence electrons. The predicted octanol–water partition coefficient (Wildman–Crippen LogP) is 6.83. The first-order valence-corrected chi connectivity index (χ1v) is 10.7. The van der Waals surface area contributed by atoms with Crippen molar-refractivity contribution in [3.8, 4) is 0 Å². The van der Waals surface area contributed by atoms with Gasteiger partial charge in [-0.05, 0) is 72.8 Å². The Labute approximate surface area is 169 Å². The van der Waals surface area contributed by atoms with Crippen molar-refractivity contribution in [3.05, 3.63) is 92.1 Å². The minimum absolute atomic E-state index is 0.302. The van der Waals surface area contributed by atoms with Crippen molar-refractivity contribution in [2.75, 3.05) is 13.1 Å². The average Bonchev–Trinajstić information content (AvgIpc) is 3.21. The number of hydrogen-bond acceptors (Lipinski definition) is 2. The number of piperidine rings is 1. The predicted molar refractivity (Wildman–Crippen MR) is 113 cm³/mol. The van der Waals surface area contributed by atoms with Gasteiger partial charge in [-0.15, -0.1) is 11.3 Å². The number of likely N-dealkylation sites (tertiary alicyclic amines) is 1. The van der Waals surface area contributed by atoms with E-state index in [1.165, 1.54) is 35.3 Å². The van der Waals surface area contributed by atoms with Gasteiger partial charge in [-0.3, -0.25) is 4.90 Å². The highest BCUT2D eigenvalue weighted by atomic mass is 35.5. The number of benzene rings is 2. The van der Waals surface area contributed by atoms with Crippen LogP contribution in [0, 0.1) is 0 Å². The summed E-state index contributed by atoms with van der Waals surface area (Å²) >= 11 is 14.2. The Morgan fingerprint density at radius 1 is 0.731 bits per heavy atom. The van der Waals surface area contributed by atoms with Crippen molar-refractivity contribution in [2.45, 2.75) is 24.8 Å². The molecule has 0 atom stereocenters. The minimum atomic E-state index is -0.302. The van der Waals surface area contributed by atoms with E-state index in [1.54, 1.807) is 0 Å². The molecule has 0 bridgehead atoms. The molecule has 0 radical (unpaired) electrons. The summed E-state index contributed by atoms with van der Waals surface area (Å²) in [6.45, 7) is 2.17. The van der Waals surface area contributed by atoms with Crippen LogP contribution in [-0.2, 0) is 5.54 Å². The molecule has 2 heterocycles. The van der Waals surface area contributed by atoms with Crippen LogP contribution in [0.25, 0.3) is 0 Å². The molecule has 0 N–H and O–H groups in total. The first-order valence-electron chi connectivity index (χ1n) is 9.02. The van der Waals surface area contributed by atoms with Crippen LogP contribution < -0.4 is 0 Å². The lowest BCUT2D eigenvalue weighted by Crippen LogP contribution is -2.49. The van der Waals surface area contributed by atoms with Gasteiger partial charge in [-0.2, -0.15) is 0 Å². The molecular formula is C22H21Cl2NS. The van der Waals surface area contributed by atoms with Crippen molar-refractivity contribution < 1.29 is 0 Å². The lowest BCUT2D eigenvalue weighted by atomic mass is 9.78. The van der Waals surface area contributed by atoms with Crippen LogP contribution in [0.5, 0.6) is 0 Å². The van der Waals surface area contributed by atoms with Crippen molar-refractivity contribution >= 4 is 34.5 Å². The normalized spacial score (nSPS) is 15.9. The summed E-state index contributed by atoms with van der Waals surface area (Å²) in [5.74, 6) is 0. The van der Waals surface area contributed by atoms with Gasteiger partial charge in [0.25, 0.3) is 0 Å². The summed E-state index contributed by atoms with van der Waals surface area (Å²) in [6, 6.07) is 21.1. The molecule has 1 aliphatic rings. The average molecular weight is 402 g/mol. The summed E-state index contributed by atoms with van der Waals surface area (Å²) in [5, 5.41) is 3.70. The van der Waals surface area contributed by atoms with E-state index in [2.05, 4.69) is 46.7 Å². The van der Waals surface area contributed by atoms with E-state index in [4.69, 9.17) is 23.2 Å². The van der Waals surface area contributed by atoms with Crippen LogP contribution in [0.15, 0.2) is 66.0 Å². The summed E-state index contributed by atoms with van der Waals surface area (Å²) in [7, 11) is 0. The van der Waals surface area contributed by atoms with Crippen LogP contribution in [0.4, 0.5) is 0 Å². The van der Waals surface area contributed by atoms with E-state index in [9.17, 15) is 0 Å². The van der Waals surface area contributed by atoms with Gasteiger partial charge in [-0.1, -0.05) is 60.0 Å². The van der Waals surface area contributed by atoms with Crippen LogP contribution in [0.2, 0.25) is 10.0 Å². The summed E-state index contributed by atoms with van der Waals surface area (Å²) in [6.07, 6.45) is 3.76. The Balaban J connectivity index is 1.98. The molecule has 0 spiro atoms. The SMILES string of the molecule is Clc1ccc(C(c2ccc(Cl)cc2)(c2cccs2)N2CCCCC2)cc1. The highest BCUT2D eigenvalue weighted by Gasteiger charge is 2.43. The number of thiophene rings is 1. The fraction of sp³-hybridized carbons (Fsp3) is 0.273. The largest absolute Gasteiger partial charge is 0.285 e. The molecule has 26 heavy (non-hydrogen) atoms. The third kappa shape index (κ3) is 3.20. The zero-order valence-corrected chi connectivity index (χ0v) is 16.8. The summed E-state index contributed by atoms with van der Waals surface area (Å²) in [5.41, 5.74) is 2.21. The number of halogens is 2. The van der Waals surface area contributed by atoms with E-state index in [-0.39, 0.29) is 5.54 Å². The molecule has 0 unspecified atom stereocenters. The second-order valence-electron chi connectivity index (χ2n) is 6.75. The first kappa shape index (κ1) is 18.1. The molecule has 1 fully saturated rings. The second kappa shape index (κ2) is 7.74. The Morgan fingerprint density at radius 3 is 1.73 bits per heavy atom. The standard InChI is InChI=1S/C22H21Cl2NS/c23-19-10-6-17(7-11-19)22(21-5-4-16-26-21,25-14-2-1-3-15-25)18-8-12-20(24)13-9-18/h4-13,16H,1-3,14-15H2. The van der Waals surface area contributed by atoms with Crippen LogP contribution in [0.1, 0.15) is 35.3 Å². The fourth-order valence-corrected chi connectivity index (χ4v) is 5.32. The Hall–Kier alpha value is -1.32. The number of hydrogen-bond donors (Lipinski definition) is 0. The van der Waals surface area contributed by atoms with Gasteiger partial charge in [0.2, 0.25) is 0 Å². The number of rotatable bonds is 4.